The van der Waals surface area contributed by atoms with Crippen molar-refractivity contribution in [3.8, 4) is 5.75 Å². The van der Waals surface area contributed by atoms with Crippen molar-refractivity contribution in [1.82, 2.24) is 4.90 Å². The molecule has 2 aliphatic rings. The van der Waals surface area contributed by atoms with Crippen molar-refractivity contribution in [3.63, 3.8) is 0 Å². The van der Waals surface area contributed by atoms with E-state index in [-0.39, 0.29) is 18.9 Å². The molecule has 2 aliphatic heterocycles. The normalized spacial score (nSPS) is 24.4. The van der Waals surface area contributed by atoms with E-state index >= 15 is 0 Å². The van der Waals surface area contributed by atoms with Crippen LogP contribution >= 0.6 is 0 Å². The summed E-state index contributed by atoms with van der Waals surface area (Å²) >= 11 is 0. The molecule has 1 aromatic rings. The van der Waals surface area contributed by atoms with Gasteiger partial charge in [-0.05, 0) is 23.8 Å². The van der Waals surface area contributed by atoms with Crippen LogP contribution in [-0.2, 0) is 11.2 Å². The Kier molecular flexibility index (Phi) is 3.10. The van der Waals surface area contributed by atoms with Crippen molar-refractivity contribution in [1.29, 1.82) is 0 Å². The largest absolute Gasteiger partial charge is 0.493 e. The summed E-state index contributed by atoms with van der Waals surface area (Å²) in [6.07, 6.45) is 0.0501. The average Bonchev–Trinajstić information content (AvgIpc) is 3.02. The van der Waals surface area contributed by atoms with Gasteiger partial charge in [-0.1, -0.05) is 0 Å². The molecule has 0 saturated carbocycles. The second kappa shape index (κ2) is 4.79. The number of carboxylic acid groups (broad SMARTS) is 1. The second-order valence-corrected chi connectivity index (χ2v) is 5.12. The third-order valence-corrected chi connectivity index (χ3v) is 3.76. The fourth-order valence-electron chi connectivity index (χ4n) is 2.76. The number of rotatable bonds is 2. The lowest BCUT2D eigenvalue weighted by Crippen LogP contribution is -2.40. The molecule has 0 aromatic heterocycles. The van der Waals surface area contributed by atoms with Gasteiger partial charge in [-0.15, -0.1) is 0 Å². The molecule has 1 saturated heterocycles. The smallest absolute Gasteiger partial charge is 0.326 e. The van der Waals surface area contributed by atoms with Crippen LogP contribution in [0.4, 0.5) is 0 Å². The number of likely N-dealkylation sites (tertiary alicyclic amines) is 1. The van der Waals surface area contributed by atoms with Gasteiger partial charge in [0, 0.05) is 24.9 Å². The predicted molar refractivity (Wildman–Crippen MR) is 68.7 cm³/mol. The molecular weight excluding hydrogens is 262 g/mol. The molecule has 0 aliphatic carbocycles. The maximum Gasteiger partial charge on any atom is 0.326 e. The molecule has 106 valence electrons. The number of amides is 1. The standard InChI is InChI=1S/C14H15NO5/c16-10-6-11(14(18)19)15(7-10)13(17)9-1-2-12-8(5-9)3-4-20-12/h1-2,5,10-11,16H,3-4,6-7H2,(H,18,19)/t10-,11+/m1/s1. The number of carbonyl (C=O) groups excluding carboxylic acids is 1. The molecule has 2 N–H and O–H groups in total. The Morgan fingerprint density at radius 3 is 2.90 bits per heavy atom. The average molecular weight is 277 g/mol. The van der Waals surface area contributed by atoms with Gasteiger partial charge in [-0.25, -0.2) is 4.79 Å². The molecule has 0 radical (unpaired) electrons. The summed E-state index contributed by atoms with van der Waals surface area (Å²) in [6, 6.07) is 4.16. The zero-order chi connectivity index (χ0) is 14.3. The molecule has 0 spiro atoms. The number of hydrogen-bond donors (Lipinski definition) is 2. The molecule has 0 bridgehead atoms. The van der Waals surface area contributed by atoms with E-state index in [1.807, 2.05) is 0 Å². The van der Waals surface area contributed by atoms with E-state index < -0.39 is 18.1 Å². The third kappa shape index (κ3) is 2.12. The van der Waals surface area contributed by atoms with Crippen LogP contribution in [0.2, 0.25) is 0 Å². The summed E-state index contributed by atoms with van der Waals surface area (Å²) in [4.78, 5) is 24.8. The zero-order valence-electron chi connectivity index (χ0n) is 10.8. The Bertz CT molecular complexity index is 571. The maximum absolute atomic E-state index is 12.4. The fraction of sp³-hybridized carbons (Fsp3) is 0.429. The number of β-amino-alcohol motifs (C(OH)–C–C–N with tert-alkyl or cyclic N) is 1. The molecule has 2 heterocycles. The lowest BCUT2D eigenvalue weighted by atomic mass is 10.1. The Hall–Kier alpha value is -2.08. The predicted octanol–water partition coefficient (Wildman–Crippen LogP) is 0.281. The number of carboxylic acids is 1. The van der Waals surface area contributed by atoms with E-state index in [1.165, 1.54) is 4.90 Å². The van der Waals surface area contributed by atoms with E-state index in [0.29, 0.717) is 12.2 Å². The summed E-state index contributed by atoms with van der Waals surface area (Å²) in [5.41, 5.74) is 1.40. The van der Waals surface area contributed by atoms with Gasteiger partial charge in [0.05, 0.1) is 12.7 Å². The van der Waals surface area contributed by atoms with E-state index in [0.717, 1.165) is 17.7 Å². The highest BCUT2D eigenvalue weighted by atomic mass is 16.5. The monoisotopic (exact) mass is 277 g/mol. The van der Waals surface area contributed by atoms with Crippen molar-refractivity contribution in [2.75, 3.05) is 13.2 Å². The van der Waals surface area contributed by atoms with Crippen molar-refractivity contribution in [3.05, 3.63) is 29.3 Å². The van der Waals surface area contributed by atoms with Crippen LogP contribution in [0.15, 0.2) is 18.2 Å². The number of aliphatic carboxylic acids is 1. The van der Waals surface area contributed by atoms with Gasteiger partial charge in [0.25, 0.3) is 5.91 Å². The van der Waals surface area contributed by atoms with Crippen LogP contribution in [-0.4, -0.2) is 52.3 Å². The first-order chi connectivity index (χ1) is 9.56. The minimum atomic E-state index is -1.08. The molecule has 0 unspecified atom stereocenters. The van der Waals surface area contributed by atoms with Gasteiger partial charge in [0.15, 0.2) is 0 Å². The summed E-state index contributed by atoms with van der Waals surface area (Å²) in [6.45, 7) is 0.663. The van der Waals surface area contributed by atoms with E-state index in [4.69, 9.17) is 9.84 Å². The van der Waals surface area contributed by atoms with Crippen molar-refractivity contribution in [2.45, 2.75) is 25.0 Å². The number of aliphatic hydroxyl groups is 1. The quantitative estimate of drug-likeness (QED) is 0.811. The van der Waals surface area contributed by atoms with Gasteiger partial charge >= 0.3 is 5.97 Å². The molecule has 20 heavy (non-hydrogen) atoms. The first kappa shape index (κ1) is 12.9. The number of hydrogen-bond acceptors (Lipinski definition) is 4. The first-order valence-electron chi connectivity index (χ1n) is 6.54. The minimum Gasteiger partial charge on any atom is -0.493 e. The highest BCUT2D eigenvalue weighted by Crippen LogP contribution is 2.28. The van der Waals surface area contributed by atoms with Gasteiger partial charge in [-0.3, -0.25) is 4.79 Å². The Labute approximate surface area is 115 Å². The Morgan fingerprint density at radius 1 is 1.35 bits per heavy atom. The molecule has 1 fully saturated rings. The number of fused-ring (bicyclic) bond motifs is 1. The fourth-order valence-corrected chi connectivity index (χ4v) is 2.76. The molecule has 1 aromatic carbocycles. The molecule has 2 atom stereocenters. The SMILES string of the molecule is O=C(O)[C@@H]1C[C@@H](O)CN1C(=O)c1ccc2c(c1)CCO2. The molecule has 6 nitrogen and oxygen atoms in total. The van der Waals surface area contributed by atoms with Crippen LogP contribution in [0.25, 0.3) is 0 Å². The number of carbonyl (C=O) groups is 2. The van der Waals surface area contributed by atoms with Gasteiger partial charge < -0.3 is 19.8 Å². The van der Waals surface area contributed by atoms with E-state index in [1.54, 1.807) is 18.2 Å². The van der Waals surface area contributed by atoms with E-state index in [9.17, 15) is 14.7 Å². The minimum absolute atomic E-state index is 0.0589. The zero-order valence-corrected chi connectivity index (χ0v) is 10.8. The second-order valence-electron chi connectivity index (χ2n) is 5.12. The third-order valence-electron chi connectivity index (χ3n) is 3.76. The van der Waals surface area contributed by atoms with Crippen molar-refractivity contribution < 1.29 is 24.5 Å². The summed E-state index contributed by atoms with van der Waals surface area (Å²) in [7, 11) is 0. The van der Waals surface area contributed by atoms with Crippen LogP contribution in [0.5, 0.6) is 5.75 Å². The molecule has 6 heteroatoms. The summed E-state index contributed by atoms with van der Waals surface area (Å²) < 4.78 is 5.38. The number of ether oxygens (including phenoxy) is 1. The summed E-state index contributed by atoms with van der Waals surface area (Å²) in [5.74, 6) is -0.666. The van der Waals surface area contributed by atoms with E-state index in [2.05, 4.69) is 0 Å². The maximum atomic E-state index is 12.4. The van der Waals surface area contributed by atoms with Gasteiger partial charge in [0.2, 0.25) is 0 Å². The van der Waals surface area contributed by atoms with Gasteiger partial charge in [-0.2, -0.15) is 0 Å². The molecular formula is C14H15NO5. The van der Waals surface area contributed by atoms with Crippen molar-refractivity contribution >= 4 is 11.9 Å². The van der Waals surface area contributed by atoms with Crippen molar-refractivity contribution in [2.24, 2.45) is 0 Å². The topological polar surface area (TPSA) is 87.1 Å². The molecule has 3 rings (SSSR count). The van der Waals surface area contributed by atoms with Crippen LogP contribution in [0.3, 0.4) is 0 Å². The van der Waals surface area contributed by atoms with Crippen LogP contribution < -0.4 is 4.74 Å². The Balaban J connectivity index is 1.86. The summed E-state index contributed by atoms with van der Waals surface area (Å²) in [5, 5.41) is 18.7. The number of aliphatic hydroxyl groups excluding tert-OH is 1. The number of nitrogens with zero attached hydrogens (tertiary/aromatic N) is 1. The highest BCUT2D eigenvalue weighted by Gasteiger charge is 2.39. The Morgan fingerprint density at radius 2 is 2.15 bits per heavy atom. The van der Waals surface area contributed by atoms with Crippen LogP contribution in [0.1, 0.15) is 22.3 Å². The highest BCUT2D eigenvalue weighted by molar-refractivity contribution is 5.97. The first-order valence-corrected chi connectivity index (χ1v) is 6.54. The lowest BCUT2D eigenvalue weighted by molar-refractivity contribution is -0.141. The number of benzene rings is 1. The molecule has 1 amide bonds. The van der Waals surface area contributed by atoms with Gasteiger partial charge in [0.1, 0.15) is 11.8 Å². The lowest BCUT2D eigenvalue weighted by Gasteiger charge is -2.21. The van der Waals surface area contributed by atoms with Crippen LogP contribution in [0, 0.1) is 0 Å².